The second-order valence-corrected chi connectivity index (χ2v) is 5.11. The summed E-state index contributed by atoms with van der Waals surface area (Å²) in [6.07, 6.45) is 2.89. The lowest BCUT2D eigenvalue weighted by molar-refractivity contribution is -0.117. The highest BCUT2D eigenvalue weighted by molar-refractivity contribution is 6.30. The zero-order valence-corrected chi connectivity index (χ0v) is 13.0. The first kappa shape index (κ1) is 17.4. The summed E-state index contributed by atoms with van der Waals surface area (Å²) in [5.74, 6) is 0.0900. The predicted molar refractivity (Wildman–Crippen MR) is 85.2 cm³/mol. The summed E-state index contributed by atoms with van der Waals surface area (Å²) in [7, 11) is 0. The molecule has 0 fully saturated rings. The van der Waals surface area contributed by atoms with Crippen LogP contribution in [0.4, 0.5) is 0 Å². The Balaban J connectivity index is 2.37. The molecule has 0 atom stereocenters. The van der Waals surface area contributed by atoms with Crippen LogP contribution in [0, 0.1) is 11.3 Å². The van der Waals surface area contributed by atoms with E-state index in [2.05, 4.69) is 10.6 Å². The van der Waals surface area contributed by atoms with Crippen molar-refractivity contribution in [1.82, 2.24) is 10.6 Å². The van der Waals surface area contributed by atoms with Crippen LogP contribution in [-0.4, -0.2) is 24.9 Å². The number of nitrogens with zero attached hydrogens (tertiary/aromatic N) is 1. The molecule has 6 heteroatoms. The summed E-state index contributed by atoms with van der Waals surface area (Å²) in [4.78, 5) is 11.7. The molecule has 1 aromatic carbocycles. The van der Waals surface area contributed by atoms with Crippen molar-refractivity contribution in [2.75, 3.05) is 19.0 Å². The molecule has 0 heterocycles. The molecule has 21 heavy (non-hydrogen) atoms. The van der Waals surface area contributed by atoms with Crippen molar-refractivity contribution in [2.24, 2.45) is 0 Å². The Morgan fingerprint density at radius 3 is 2.62 bits per heavy atom. The Labute approximate surface area is 134 Å². The second kappa shape index (κ2) is 10.1. The van der Waals surface area contributed by atoms with Crippen molar-refractivity contribution in [3.8, 4) is 6.07 Å². The molecule has 0 aliphatic carbocycles. The van der Waals surface area contributed by atoms with Gasteiger partial charge in [0.05, 0.1) is 0 Å². The lowest BCUT2D eigenvalue weighted by atomic mass is 10.1. The molecule has 0 aromatic heterocycles. The van der Waals surface area contributed by atoms with Crippen molar-refractivity contribution in [1.29, 1.82) is 5.26 Å². The topological polar surface area (TPSA) is 64.9 Å². The fraction of sp³-hybridized carbons (Fsp3) is 0.333. The number of nitriles is 1. The molecular formula is C15H17Cl2N3O. The zero-order chi connectivity index (χ0) is 15.5. The van der Waals surface area contributed by atoms with Gasteiger partial charge in [-0.1, -0.05) is 23.7 Å². The monoisotopic (exact) mass is 325 g/mol. The molecule has 4 nitrogen and oxygen atoms in total. The predicted octanol–water partition coefficient (Wildman–Crippen LogP) is 2.62. The molecule has 0 aliphatic heterocycles. The molecule has 0 saturated carbocycles. The second-order valence-electron chi connectivity index (χ2n) is 4.30. The van der Waals surface area contributed by atoms with E-state index in [1.165, 1.54) is 6.20 Å². The molecule has 0 radical (unpaired) electrons. The number of alkyl halides is 1. The van der Waals surface area contributed by atoms with Gasteiger partial charge in [-0.3, -0.25) is 4.79 Å². The van der Waals surface area contributed by atoms with E-state index in [0.29, 0.717) is 30.4 Å². The van der Waals surface area contributed by atoms with E-state index >= 15 is 0 Å². The van der Waals surface area contributed by atoms with E-state index in [0.717, 1.165) is 12.0 Å². The van der Waals surface area contributed by atoms with Crippen LogP contribution < -0.4 is 10.6 Å². The van der Waals surface area contributed by atoms with Crippen LogP contribution in [0.15, 0.2) is 36.0 Å². The van der Waals surface area contributed by atoms with Gasteiger partial charge in [0.2, 0.25) is 0 Å². The first-order valence-electron chi connectivity index (χ1n) is 6.59. The quantitative estimate of drug-likeness (QED) is 0.334. The SMILES string of the molecule is N#C/C(=C/NCCc1ccc(Cl)cc1)C(=O)NCCCCl. The van der Waals surface area contributed by atoms with Crippen LogP contribution in [0.1, 0.15) is 12.0 Å². The number of carbonyl (C=O) groups is 1. The molecular weight excluding hydrogens is 309 g/mol. The Morgan fingerprint density at radius 1 is 1.29 bits per heavy atom. The summed E-state index contributed by atoms with van der Waals surface area (Å²) in [6.45, 7) is 1.09. The van der Waals surface area contributed by atoms with E-state index < -0.39 is 0 Å². The minimum atomic E-state index is -0.387. The van der Waals surface area contributed by atoms with Crippen molar-refractivity contribution >= 4 is 29.1 Å². The summed E-state index contributed by atoms with van der Waals surface area (Å²) < 4.78 is 0. The Kier molecular flexibility index (Phi) is 8.34. The molecule has 1 rings (SSSR count). The largest absolute Gasteiger partial charge is 0.389 e. The molecule has 0 saturated heterocycles. The van der Waals surface area contributed by atoms with Crippen molar-refractivity contribution in [3.63, 3.8) is 0 Å². The van der Waals surface area contributed by atoms with Crippen molar-refractivity contribution < 1.29 is 4.79 Å². The van der Waals surface area contributed by atoms with Gasteiger partial charge in [-0.25, -0.2) is 0 Å². The molecule has 1 amide bonds. The third-order valence-electron chi connectivity index (χ3n) is 2.68. The fourth-order valence-electron chi connectivity index (χ4n) is 1.55. The molecule has 1 aromatic rings. The zero-order valence-electron chi connectivity index (χ0n) is 11.5. The number of carbonyl (C=O) groups excluding carboxylic acids is 1. The Bertz CT molecular complexity index is 521. The highest BCUT2D eigenvalue weighted by atomic mass is 35.5. The number of amides is 1. The highest BCUT2D eigenvalue weighted by Crippen LogP contribution is 2.09. The third kappa shape index (κ3) is 7.03. The lowest BCUT2D eigenvalue weighted by Gasteiger charge is -2.04. The van der Waals surface area contributed by atoms with Gasteiger partial charge in [-0.15, -0.1) is 11.6 Å². The van der Waals surface area contributed by atoms with Gasteiger partial charge in [0.15, 0.2) is 0 Å². The molecule has 0 spiro atoms. The van der Waals surface area contributed by atoms with Gasteiger partial charge in [0.25, 0.3) is 5.91 Å². The maximum atomic E-state index is 11.7. The first-order valence-corrected chi connectivity index (χ1v) is 7.51. The van der Waals surface area contributed by atoms with Crippen LogP contribution in [0.3, 0.4) is 0 Å². The van der Waals surface area contributed by atoms with Gasteiger partial charge in [-0.2, -0.15) is 5.26 Å². The summed E-state index contributed by atoms with van der Waals surface area (Å²) >= 11 is 11.3. The van der Waals surface area contributed by atoms with Crippen LogP contribution in [0.25, 0.3) is 0 Å². The number of benzene rings is 1. The lowest BCUT2D eigenvalue weighted by Crippen LogP contribution is -2.27. The van der Waals surface area contributed by atoms with Gasteiger partial charge >= 0.3 is 0 Å². The van der Waals surface area contributed by atoms with Gasteiger partial charge in [-0.05, 0) is 30.5 Å². The molecule has 0 aliphatic rings. The maximum absolute atomic E-state index is 11.7. The number of hydrogen-bond acceptors (Lipinski definition) is 3. The molecule has 0 bridgehead atoms. The smallest absolute Gasteiger partial charge is 0.263 e. The average molecular weight is 326 g/mol. The van der Waals surface area contributed by atoms with Gasteiger partial charge in [0, 0.05) is 30.2 Å². The van der Waals surface area contributed by atoms with Crippen LogP contribution in [0.5, 0.6) is 0 Å². The van der Waals surface area contributed by atoms with Gasteiger partial charge in [0.1, 0.15) is 11.6 Å². The normalized spacial score (nSPS) is 10.8. The number of rotatable bonds is 8. The van der Waals surface area contributed by atoms with Crippen LogP contribution in [-0.2, 0) is 11.2 Å². The van der Waals surface area contributed by atoms with Gasteiger partial charge < -0.3 is 10.6 Å². The summed E-state index contributed by atoms with van der Waals surface area (Å²) in [5, 5.41) is 15.2. The number of hydrogen-bond donors (Lipinski definition) is 2. The summed E-state index contributed by atoms with van der Waals surface area (Å²) in [6, 6.07) is 9.42. The van der Waals surface area contributed by atoms with E-state index in [1.54, 1.807) is 0 Å². The maximum Gasteiger partial charge on any atom is 0.263 e. The fourth-order valence-corrected chi connectivity index (χ4v) is 1.81. The third-order valence-corrected chi connectivity index (χ3v) is 3.20. The van der Waals surface area contributed by atoms with Crippen molar-refractivity contribution in [2.45, 2.75) is 12.8 Å². The number of nitrogens with one attached hydrogen (secondary N) is 2. The van der Waals surface area contributed by atoms with E-state index in [4.69, 9.17) is 28.5 Å². The Hall–Kier alpha value is -1.70. The molecule has 112 valence electrons. The molecule has 0 unspecified atom stereocenters. The van der Waals surface area contributed by atoms with E-state index in [9.17, 15) is 4.79 Å². The Morgan fingerprint density at radius 2 is 2.00 bits per heavy atom. The summed E-state index contributed by atoms with van der Waals surface area (Å²) in [5.41, 5.74) is 1.19. The average Bonchev–Trinajstić information content (AvgIpc) is 2.49. The van der Waals surface area contributed by atoms with E-state index in [1.807, 2.05) is 30.3 Å². The van der Waals surface area contributed by atoms with Crippen LogP contribution in [0.2, 0.25) is 5.02 Å². The standard InChI is InChI=1S/C15H17Cl2N3O/c16-7-1-8-20-15(21)13(10-18)11-19-9-6-12-2-4-14(17)5-3-12/h2-5,11,19H,1,6-9H2,(H,20,21)/b13-11-. The van der Waals surface area contributed by atoms with Crippen LogP contribution >= 0.6 is 23.2 Å². The highest BCUT2D eigenvalue weighted by Gasteiger charge is 2.07. The number of halogens is 2. The molecule has 2 N–H and O–H groups in total. The van der Waals surface area contributed by atoms with Crippen molar-refractivity contribution in [3.05, 3.63) is 46.6 Å². The minimum absolute atomic E-state index is 0.0562. The van der Waals surface area contributed by atoms with E-state index in [-0.39, 0.29) is 11.5 Å². The first-order chi connectivity index (χ1) is 10.2. The minimum Gasteiger partial charge on any atom is -0.389 e.